The monoisotopic (exact) mass is 343 g/mol. The van der Waals surface area contributed by atoms with Crippen LogP contribution >= 0.6 is 0 Å². The molecular formula is C20H29N3O2. The lowest BCUT2D eigenvalue weighted by Crippen LogP contribution is -2.51. The smallest absolute Gasteiger partial charge is 0.222 e. The number of morpholine rings is 1. The molecule has 3 fully saturated rings. The average molecular weight is 343 g/mol. The quantitative estimate of drug-likeness (QED) is 0.838. The molecule has 3 aliphatic rings. The van der Waals surface area contributed by atoms with Crippen LogP contribution in [0.25, 0.3) is 0 Å². The minimum atomic E-state index is 0.277. The van der Waals surface area contributed by atoms with Gasteiger partial charge in [-0.05, 0) is 31.4 Å². The van der Waals surface area contributed by atoms with Crippen LogP contribution in [0.2, 0.25) is 0 Å². The zero-order valence-electron chi connectivity index (χ0n) is 15.0. The number of carbonyl (C=O) groups is 1. The first-order valence-corrected chi connectivity index (χ1v) is 9.73. The molecule has 0 radical (unpaired) electrons. The standard InChI is InChI=1S/C20H29N3O2/c24-20-7-4-10-23(20)18-8-11-21(12-9-18)15-19-16-22(13-14-25-19)17-5-2-1-3-6-17/h1-3,5-6,18-19H,4,7-16H2. The molecule has 3 saturated heterocycles. The van der Waals surface area contributed by atoms with E-state index in [4.69, 9.17) is 4.74 Å². The van der Waals surface area contributed by atoms with Crippen molar-refractivity contribution in [2.75, 3.05) is 50.8 Å². The fraction of sp³-hybridized carbons (Fsp3) is 0.650. The number of benzene rings is 1. The Morgan fingerprint density at radius 2 is 1.84 bits per heavy atom. The third-order valence-electron chi connectivity index (χ3n) is 5.83. The Labute approximate surface area is 150 Å². The lowest BCUT2D eigenvalue weighted by atomic mass is 10.0. The van der Waals surface area contributed by atoms with Gasteiger partial charge in [-0.1, -0.05) is 18.2 Å². The molecule has 5 heteroatoms. The van der Waals surface area contributed by atoms with Crippen LogP contribution in [-0.2, 0) is 9.53 Å². The first kappa shape index (κ1) is 16.9. The molecule has 0 aromatic heterocycles. The Bertz CT molecular complexity index is 572. The molecule has 1 unspecified atom stereocenters. The molecule has 0 spiro atoms. The highest BCUT2D eigenvalue weighted by atomic mass is 16.5. The van der Waals surface area contributed by atoms with Crippen molar-refractivity contribution in [3.05, 3.63) is 30.3 Å². The molecule has 1 atom stereocenters. The van der Waals surface area contributed by atoms with Crippen LogP contribution < -0.4 is 4.90 Å². The number of ether oxygens (including phenoxy) is 1. The third-order valence-corrected chi connectivity index (χ3v) is 5.83. The second-order valence-electron chi connectivity index (χ2n) is 7.50. The molecule has 1 aromatic rings. The van der Waals surface area contributed by atoms with E-state index in [2.05, 4.69) is 45.0 Å². The molecule has 4 rings (SSSR count). The average Bonchev–Trinajstić information content (AvgIpc) is 3.09. The van der Waals surface area contributed by atoms with Gasteiger partial charge in [-0.2, -0.15) is 0 Å². The molecule has 3 aliphatic heterocycles. The Morgan fingerprint density at radius 3 is 2.56 bits per heavy atom. The lowest BCUT2D eigenvalue weighted by molar-refractivity contribution is -0.130. The summed E-state index contributed by atoms with van der Waals surface area (Å²) < 4.78 is 6.03. The van der Waals surface area contributed by atoms with Crippen LogP contribution in [0.5, 0.6) is 0 Å². The number of para-hydroxylation sites is 1. The molecule has 0 aliphatic carbocycles. The summed E-state index contributed by atoms with van der Waals surface area (Å²) in [4.78, 5) is 19.0. The maximum atomic E-state index is 11.9. The van der Waals surface area contributed by atoms with Crippen molar-refractivity contribution in [3.8, 4) is 0 Å². The van der Waals surface area contributed by atoms with Crippen LogP contribution in [0.4, 0.5) is 5.69 Å². The van der Waals surface area contributed by atoms with Crippen molar-refractivity contribution >= 4 is 11.6 Å². The van der Waals surface area contributed by atoms with Gasteiger partial charge in [0, 0.05) is 57.4 Å². The second kappa shape index (κ2) is 7.75. The highest BCUT2D eigenvalue weighted by molar-refractivity contribution is 5.78. The largest absolute Gasteiger partial charge is 0.373 e. The normalized spacial score (nSPS) is 26.4. The Hall–Kier alpha value is -1.59. The molecule has 25 heavy (non-hydrogen) atoms. The van der Waals surface area contributed by atoms with Gasteiger partial charge >= 0.3 is 0 Å². The Kier molecular flexibility index (Phi) is 5.22. The highest BCUT2D eigenvalue weighted by Crippen LogP contribution is 2.23. The number of nitrogens with zero attached hydrogens (tertiary/aromatic N) is 3. The Balaban J connectivity index is 1.26. The van der Waals surface area contributed by atoms with Gasteiger partial charge < -0.3 is 19.4 Å². The first-order valence-electron chi connectivity index (χ1n) is 9.73. The highest BCUT2D eigenvalue weighted by Gasteiger charge is 2.32. The second-order valence-corrected chi connectivity index (χ2v) is 7.50. The third kappa shape index (κ3) is 3.98. The topological polar surface area (TPSA) is 36.0 Å². The van der Waals surface area contributed by atoms with Gasteiger partial charge in [-0.3, -0.25) is 4.79 Å². The van der Waals surface area contributed by atoms with Crippen LogP contribution in [0, 0.1) is 0 Å². The predicted molar refractivity (Wildman–Crippen MR) is 98.8 cm³/mol. The van der Waals surface area contributed by atoms with Crippen LogP contribution in [0.3, 0.4) is 0 Å². The summed E-state index contributed by atoms with van der Waals surface area (Å²) in [7, 11) is 0. The molecule has 3 heterocycles. The van der Waals surface area contributed by atoms with E-state index < -0.39 is 0 Å². The zero-order chi connectivity index (χ0) is 17.1. The molecule has 1 amide bonds. The van der Waals surface area contributed by atoms with E-state index in [0.717, 1.165) is 71.6 Å². The fourth-order valence-corrected chi connectivity index (χ4v) is 4.46. The molecule has 136 valence electrons. The Morgan fingerprint density at radius 1 is 1.04 bits per heavy atom. The van der Waals surface area contributed by atoms with E-state index in [9.17, 15) is 4.79 Å². The van der Waals surface area contributed by atoms with Crippen LogP contribution in [0.15, 0.2) is 30.3 Å². The predicted octanol–water partition coefficient (Wildman–Crippen LogP) is 1.98. The van der Waals surface area contributed by atoms with Crippen molar-refractivity contribution in [1.82, 2.24) is 9.80 Å². The summed E-state index contributed by atoms with van der Waals surface area (Å²) in [6.45, 7) is 6.89. The lowest BCUT2D eigenvalue weighted by Gasteiger charge is -2.40. The SMILES string of the molecule is O=C1CCCN1C1CCN(CC2CN(c3ccccc3)CCO2)CC1. The van der Waals surface area contributed by atoms with Gasteiger partial charge in [0.15, 0.2) is 0 Å². The van der Waals surface area contributed by atoms with Crippen molar-refractivity contribution in [1.29, 1.82) is 0 Å². The van der Waals surface area contributed by atoms with Crippen LogP contribution in [0.1, 0.15) is 25.7 Å². The van der Waals surface area contributed by atoms with E-state index in [-0.39, 0.29) is 6.10 Å². The summed E-state index contributed by atoms with van der Waals surface area (Å²) in [6.07, 6.45) is 4.30. The number of piperidine rings is 1. The molecule has 5 nitrogen and oxygen atoms in total. The van der Waals surface area contributed by atoms with Gasteiger partial charge in [0.05, 0.1) is 12.7 Å². The number of amides is 1. The van der Waals surface area contributed by atoms with Crippen molar-refractivity contribution < 1.29 is 9.53 Å². The maximum absolute atomic E-state index is 11.9. The molecule has 0 bridgehead atoms. The van der Waals surface area contributed by atoms with E-state index in [1.165, 1.54) is 5.69 Å². The summed E-state index contributed by atoms with van der Waals surface area (Å²) in [5, 5.41) is 0. The number of hydrogen-bond donors (Lipinski definition) is 0. The van der Waals surface area contributed by atoms with Gasteiger partial charge in [-0.15, -0.1) is 0 Å². The number of anilines is 1. The van der Waals surface area contributed by atoms with E-state index in [1.54, 1.807) is 0 Å². The van der Waals surface area contributed by atoms with Crippen molar-refractivity contribution in [3.63, 3.8) is 0 Å². The molecular weight excluding hydrogens is 314 g/mol. The first-order chi connectivity index (χ1) is 12.3. The summed E-state index contributed by atoms with van der Waals surface area (Å²) >= 11 is 0. The minimum Gasteiger partial charge on any atom is -0.373 e. The van der Waals surface area contributed by atoms with Gasteiger partial charge in [0.2, 0.25) is 5.91 Å². The van der Waals surface area contributed by atoms with E-state index in [0.29, 0.717) is 11.9 Å². The minimum absolute atomic E-state index is 0.277. The summed E-state index contributed by atoms with van der Waals surface area (Å²) in [5.41, 5.74) is 1.29. The molecule has 0 saturated carbocycles. The fourth-order valence-electron chi connectivity index (χ4n) is 4.46. The number of rotatable bonds is 4. The summed E-state index contributed by atoms with van der Waals surface area (Å²) in [6, 6.07) is 11.1. The van der Waals surface area contributed by atoms with E-state index in [1.807, 2.05) is 0 Å². The summed E-state index contributed by atoms with van der Waals surface area (Å²) in [5.74, 6) is 0.368. The molecule has 1 aromatic carbocycles. The van der Waals surface area contributed by atoms with Gasteiger partial charge in [-0.25, -0.2) is 0 Å². The maximum Gasteiger partial charge on any atom is 0.222 e. The number of likely N-dealkylation sites (tertiary alicyclic amines) is 2. The molecule has 0 N–H and O–H groups in total. The zero-order valence-corrected chi connectivity index (χ0v) is 15.0. The van der Waals surface area contributed by atoms with Gasteiger partial charge in [0.1, 0.15) is 0 Å². The van der Waals surface area contributed by atoms with Crippen molar-refractivity contribution in [2.24, 2.45) is 0 Å². The number of carbonyl (C=O) groups excluding carboxylic acids is 1. The van der Waals surface area contributed by atoms with Crippen LogP contribution in [-0.4, -0.2) is 73.7 Å². The van der Waals surface area contributed by atoms with Gasteiger partial charge in [0.25, 0.3) is 0 Å². The van der Waals surface area contributed by atoms with Crippen molar-refractivity contribution in [2.45, 2.75) is 37.8 Å². The van der Waals surface area contributed by atoms with E-state index >= 15 is 0 Å². The number of hydrogen-bond acceptors (Lipinski definition) is 4.